The molecule has 1 atom stereocenters. The van der Waals surface area contributed by atoms with Crippen LogP contribution in [0.15, 0.2) is 34.1 Å². The van der Waals surface area contributed by atoms with E-state index in [0.717, 1.165) is 25.6 Å². The molecule has 1 aromatic heterocycles. The number of hydrogen-bond acceptors (Lipinski definition) is 4. The molecule has 0 spiro atoms. The molecule has 6 nitrogen and oxygen atoms in total. The minimum absolute atomic E-state index is 0.0528. The number of sulfonamides is 1. The Bertz CT molecular complexity index is 969. The lowest BCUT2D eigenvalue weighted by Gasteiger charge is -2.29. The molecule has 2 N–H and O–H groups in total. The van der Waals surface area contributed by atoms with Gasteiger partial charge in [-0.3, -0.25) is 4.79 Å². The lowest BCUT2D eigenvalue weighted by atomic mass is 10.2. The lowest BCUT2D eigenvalue weighted by molar-refractivity contribution is 0.306. The van der Waals surface area contributed by atoms with E-state index in [1.165, 1.54) is 22.5 Å². The summed E-state index contributed by atoms with van der Waals surface area (Å²) < 4.78 is 42.7. The van der Waals surface area contributed by atoms with Crippen LogP contribution in [0, 0.1) is 11.7 Å². The van der Waals surface area contributed by atoms with Gasteiger partial charge < -0.3 is 10.3 Å². The Balaban J connectivity index is 1.89. The molecule has 134 valence electrons. The molecule has 0 amide bonds. The first-order valence-electron chi connectivity index (χ1n) is 8.52. The largest absolute Gasteiger partial charge is 0.326 e. The lowest BCUT2D eigenvalue weighted by Crippen LogP contribution is -2.45. The first kappa shape index (κ1) is 16.7. The summed E-state index contributed by atoms with van der Waals surface area (Å²) in [4.78, 5) is 14.2. The molecular weight excluding hydrogens is 345 g/mol. The van der Waals surface area contributed by atoms with Crippen molar-refractivity contribution in [3.8, 4) is 0 Å². The van der Waals surface area contributed by atoms with Crippen molar-refractivity contribution in [2.24, 2.45) is 5.92 Å². The fourth-order valence-electron chi connectivity index (χ4n) is 3.65. The Labute approximate surface area is 145 Å². The van der Waals surface area contributed by atoms with E-state index in [4.69, 9.17) is 0 Å². The second-order valence-corrected chi connectivity index (χ2v) is 8.58. The zero-order valence-electron chi connectivity index (χ0n) is 13.7. The van der Waals surface area contributed by atoms with E-state index in [2.05, 4.69) is 10.3 Å². The highest BCUT2D eigenvalue weighted by molar-refractivity contribution is 7.89. The van der Waals surface area contributed by atoms with Gasteiger partial charge in [-0.15, -0.1) is 0 Å². The molecule has 1 aliphatic carbocycles. The average Bonchev–Trinajstić information content (AvgIpc) is 3.43. The van der Waals surface area contributed by atoms with Crippen LogP contribution in [0.5, 0.6) is 0 Å². The zero-order valence-corrected chi connectivity index (χ0v) is 14.5. The molecule has 2 aliphatic rings. The molecule has 0 bridgehead atoms. The van der Waals surface area contributed by atoms with Gasteiger partial charge in [-0.1, -0.05) is 6.07 Å². The molecule has 1 aromatic carbocycles. The number of nitrogens with one attached hydrogen (secondary N) is 2. The van der Waals surface area contributed by atoms with Crippen LogP contribution in [0.3, 0.4) is 0 Å². The Hall–Kier alpha value is -1.77. The normalized spacial score (nSPS) is 22.8. The number of hydrogen-bond donors (Lipinski definition) is 2. The summed E-state index contributed by atoms with van der Waals surface area (Å²) in [7, 11) is -3.90. The van der Waals surface area contributed by atoms with Crippen LogP contribution in [0.25, 0.3) is 10.8 Å². The van der Waals surface area contributed by atoms with Gasteiger partial charge >= 0.3 is 0 Å². The number of aromatic nitrogens is 1. The van der Waals surface area contributed by atoms with Crippen LogP contribution >= 0.6 is 0 Å². The number of aromatic amines is 1. The van der Waals surface area contributed by atoms with E-state index in [0.29, 0.717) is 25.4 Å². The minimum atomic E-state index is -3.90. The molecule has 2 aromatic rings. The Morgan fingerprint density at radius 3 is 2.80 bits per heavy atom. The predicted molar refractivity (Wildman–Crippen MR) is 92.4 cm³/mol. The molecule has 8 heteroatoms. The van der Waals surface area contributed by atoms with Gasteiger partial charge in [-0.2, -0.15) is 4.31 Å². The average molecular weight is 365 g/mol. The summed E-state index contributed by atoms with van der Waals surface area (Å²) in [5, 5.41) is 3.22. The standard InChI is InChI=1S/C17H20FN3O3S/c18-13-9-20-17(22)12-3-1-4-15(16(12)13)25(23,24)21-8-2-7-19-10-14(21)11-5-6-11/h1,3-4,9,11,14,19H,2,5-8,10H2,(H,20,22). The third kappa shape index (κ3) is 2.88. The molecule has 1 unspecified atom stereocenters. The Kier molecular flexibility index (Phi) is 4.13. The monoisotopic (exact) mass is 365 g/mol. The van der Waals surface area contributed by atoms with Gasteiger partial charge in [0.1, 0.15) is 5.82 Å². The van der Waals surface area contributed by atoms with Crippen molar-refractivity contribution < 1.29 is 12.8 Å². The van der Waals surface area contributed by atoms with Crippen molar-refractivity contribution >= 4 is 20.8 Å². The Morgan fingerprint density at radius 1 is 1.24 bits per heavy atom. The number of halogens is 1. The number of rotatable bonds is 3. The van der Waals surface area contributed by atoms with E-state index in [9.17, 15) is 17.6 Å². The maximum Gasteiger partial charge on any atom is 0.256 e. The maximum absolute atomic E-state index is 14.4. The van der Waals surface area contributed by atoms with Crippen molar-refractivity contribution in [1.29, 1.82) is 0 Å². The van der Waals surface area contributed by atoms with E-state index in [1.54, 1.807) is 0 Å². The molecule has 2 fully saturated rings. The highest BCUT2D eigenvalue weighted by Crippen LogP contribution is 2.38. The fraction of sp³-hybridized carbons (Fsp3) is 0.471. The van der Waals surface area contributed by atoms with Gasteiger partial charge in [0, 0.05) is 30.7 Å². The van der Waals surface area contributed by atoms with E-state index in [1.807, 2.05) is 0 Å². The molecule has 2 heterocycles. The zero-order chi connectivity index (χ0) is 17.6. The fourth-order valence-corrected chi connectivity index (χ4v) is 5.59. The van der Waals surface area contributed by atoms with E-state index >= 15 is 0 Å². The Morgan fingerprint density at radius 2 is 2.04 bits per heavy atom. The van der Waals surface area contributed by atoms with Crippen molar-refractivity contribution in [3.63, 3.8) is 0 Å². The number of benzene rings is 1. The number of fused-ring (bicyclic) bond motifs is 1. The molecular formula is C17H20FN3O3S. The second-order valence-electron chi connectivity index (χ2n) is 6.72. The van der Waals surface area contributed by atoms with Crippen molar-refractivity contribution in [1.82, 2.24) is 14.6 Å². The number of H-pyrrole nitrogens is 1. The molecule has 1 saturated heterocycles. The highest BCUT2D eigenvalue weighted by atomic mass is 32.2. The van der Waals surface area contributed by atoms with Crippen LogP contribution in [0.2, 0.25) is 0 Å². The summed E-state index contributed by atoms with van der Waals surface area (Å²) in [5.74, 6) is -0.381. The highest BCUT2D eigenvalue weighted by Gasteiger charge is 2.42. The van der Waals surface area contributed by atoms with Crippen molar-refractivity contribution in [3.05, 3.63) is 40.6 Å². The molecule has 1 saturated carbocycles. The van der Waals surface area contributed by atoms with Gasteiger partial charge in [0.2, 0.25) is 10.0 Å². The van der Waals surface area contributed by atoms with Gasteiger partial charge in [0.05, 0.1) is 10.3 Å². The van der Waals surface area contributed by atoms with Gasteiger partial charge in [-0.05, 0) is 43.9 Å². The van der Waals surface area contributed by atoms with E-state index < -0.39 is 21.4 Å². The van der Waals surface area contributed by atoms with Crippen LogP contribution in [0.4, 0.5) is 4.39 Å². The maximum atomic E-state index is 14.4. The third-order valence-corrected chi connectivity index (χ3v) is 7.01. The summed E-state index contributed by atoms with van der Waals surface area (Å²) in [5.41, 5.74) is -0.496. The topological polar surface area (TPSA) is 82.3 Å². The number of pyridine rings is 1. The first-order valence-corrected chi connectivity index (χ1v) is 9.96. The van der Waals surface area contributed by atoms with Crippen molar-refractivity contribution in [2.45, 2.75) is 30.2 Å². The molecule has 1 aliphatic heterocycles. The molecule has 4 rings (SSSR count). The van der Waals surface area contributed by atoms with Gasteiger partial charge in [0.25, 0.3) is 5.56 Å². The molecule has 25 heavy (non-hydrogen) atoms. The smallest absolute Gasteiger partial charge is 0.256 e. The summed E-state index contributed by atoms with van der Waals surface area (Å²) >= 11 is 0. The van der Waals surface area contributed by atoms with E-state index in [-0.39, 0.29) is 21.7 Å². The predicted octanol–water partition coefficient (Wildman–Crippen LogP) is 1.43. The summed E-state index contributed by atoms with van der Waals surface area (Å²) in [6.07, 6.45) is 3.66. The summed E-state index contributed by atoms with van der Waals surface area (Å²) in [6.45, 7) is 1.77. The SMILES string of the molecule is O=c1[nH]cc(F)c2c(S(=O)(=O)N3CCCNCC3C3CC3)cccc12. The minimum Gasteiger partial charge on any atom is -0.326 e. The summed E-state index contributed by atoms with van der Waals surface area (Å²) in [6, 6.07) is 4.21. The number of nitrogens with zero attached hydrogens (tertiary/aromatic N) is 1. The third-order valence-electron chi connectivity index (χ3n) is 5.05. The van der Waals surface area contributed by atoms with Crippen LogP contribution in [-0.2, 0) is 10.0 Å². The quantitative estimate of drug-likeness (QED) is 0.862. The van der Waals surface area contributed by atoms with Crippen LogP contribution in [0.1, 0.15) is 19.3 Å². The first-order chi connectivity index (χ1) is 12.0. The molecule has 0 radical (unpaired) electrons. The van der Waals surface area contributed by atoms with Crippen LogP contribution < -0.4 is 10.9 Å². The van der Waals surface area contributed by atoms with Crippen LogP contribution in [-0.4, -0.2) is 43.4 Å². The van der Waals surface area contributed by atoms with Gasteiger partial charge in [0.15, 0.2) is 0 Å². The second kappa shape index (κ2) is 6.19. The van der Waals surface area contributed by atoms with Gasteiger partial charge in [-0.25, -0.2) is 12.8 Å². The van der Waals surface area contributed by atoms with Crippen molar-refractivity contribution in [2.75, 3.05) is 19.6 Å².